The number of hydrogen-bond donors (Lipinski definition) is 0. The first kappa shape index (κ1) is 23.1. The van der Waals surface area contributed by atoms with E-state index >= 15 is 0 Å². The molecule has 2 aromatic rings. The van der Waals surface area contributed by atoms with Gasteiger partial charge < -0.3 is 9.64 Å². The van der Waals surface area contributed by atoms with E-state index in [0.29, 0.717) is 28.9 Å². The van der Waals surface area contributed by atoms with Crippen molar-refractivity contribution in [2.24, 2.45) is 11.3 Å². The quantitative estimate of drug-likeness (QED) is 0.524. The standard InChI is InChI=1S/C25H34F2N4OS/c1-16(2)31-23(11-22(29-31)18-9-20(13-28-12-18)32-24(26)27)21-10-19(8-17(21)3)30-6-4-25(5-7-30)14-33-15-25/h9,11-13,16-17,19,21,24H,4-8,10,14-15H2,1-3H3/t17?,19?,21-/m1/s1. The van der Waals surface area contributed by atoms with E-state index in [0.717, 1.165) is 12.1 Å². The van der Waals surface area contributed by atoms with Crippen molar-refractivity contribution in [3.05, 3.63) is 30.2 Å². The maximum atomic E-state index is 12.7. The number of piperidine rings is 1. The van der Waals surface area contributed by atoms with Crippen LogP contribution in [0.5, 0.6) is 5.75 Å². The maximum Gasteiger partial charge on any atom is 0.387 e. The van der Waals surface area contributed by atoms with Gasteiger partial charge in [-0.25, -0.2) is 0 Å². The Kier molecular flexibility index (Phi) is 6.42. The molecule has 3 fully saturated rings. The fraction of sp³-hybridized carbons (Fsp3) is 0.680. The molecule has 2 aromatic heterocycles. The summed E-state index contributed by atoms with van der Waals surface area (Å²) in [6.07, 6.45) is 8.07. The Labute approximate surface area is 199 Å². The normalized spacial score (nSPS) is 27.4. The minimum absolute atomic E-state index is 0.0604. The third-order valence-corrected chi connectivity index (χ3v) is 9.55. The van der Waals surface area contributed by atoms with Gasteiger partial charge in [0.15, 0.2) is 0 Å². The SMILES string of the molecule is CC1CC(N2CCC3(CC2)CSC3)C[C@H]1c1cc(-c2cncc(OC(F)F)c2)nn1C(C)C. The van der Waals surface area contributed by atoms with Crippen LogP contribution in [0.15, 0.2) is 24.5 Å². The number of ether oxygens (including phenoxy) is 1. The van der Waals surface area contributed by atoms with Gasteiger partial charge in [0.2, 0.25) is 0 Å². The molecule has 1 saturated carbocycles. The van der Waals surface area contributed by atoms with E-state index in [4.69, 9.17) is 5.10 Å². The summed E-state index contributed by atoms with van der Waals surface area (Å²) in [5.41, 5.74) is 3.37. The molecule has 5 nitrogen and oxygen atoms in total. The lowest BCUT2D eigenvalue weighted by molar-refractivity contribution is -0.0500. The lowest BCUT2D eigenvalue weighted by Crippen LogP contribution is -2.49. The molecule has 1 spiro atoms. The molecular weight excluding hydrogens is 442 g/mol. The van der Waals surface area contributed by atoms with Crippen molar-refractivity contribution in [2.75, 3.05) is 24.6 Å². The number of rotatable bonds is 6. The van der Waals surface area contributed by atoms with E-state index in [1.54, 1.807) is 12.3 Å². The van der Waals surface area contributed by atoms with Crippen LogP contribution in [-0.4, -0.2) is 56.9 Å². The van der Waals surface area contributed by atoms with Gasteiger partial charge in [-0.1, -0.05) is 6.92 Å². The molecule has 2 unspecified atom stereocenters. The predicted octanol–water partition coefficient (Wildman–Crippen LogP) is 5.84. The lowest BCUT2D eigenvalue weighted by Gasteiger charge is -2.48. The van der Waals surface area contributed by atoms with Gasteiger partial charge in [0.05, 0.1) is 11.9 Å². The van der Waals surface area contributed by atoms with Crippen LogP contribution in [0.4, 0.5) is 8.78 Å². The lowest BCUT2D eigenvalue weighted by atomic mass is 9.80. The second-order valence-electron chi connectivity index (χ2n) is 10.5. The Bertz CT molecular complexity index is 967. The highest BCUT2D eigenvalue weighted by Crippen LogP contribution is 2.49. The number of pyridine rings is 1. The number of nitrogens with zero attached hydrogens (tertiary/aromatic N) is 4. The summed E-state index contributed by atoms with van der Waals surface area (Å²) in [6, 6.07) is 4.60. The zero-order valence-electron chi connectivity index (χ0n) is 19.7. The molecule has 0 radical (unpaired) electrons. The molecule has 33 heavy (non-hydrogen) atoms. The van der Waals surface area contributed by atoms with Gasteiger partial charge in [-0.05, 0) is 87.6 Å². The Balaban J connectivity index is 1.35. The average Bonchev–Trinajstić information content (AvgIpc) is 3.36. The van der Waals surface area contributed by atoms with Gasteiger partial charge in [-0.3, -0.25) is 9.67 Å². The molecule has 8 heteroatoms. The van der Waals surface area contributed by atoms with Gasteiger partial charge in [0, 0.05) is 35.5 Å². The van der Waals surface area contributed by atoms with Gasteiger partial charge in [-0.2, -0.15) is 25.6 Å². The first-order valence-electron chi connectivity index (χ1n) is 12.1. The molecule has 0 N–H and O–H groups in total. The topological polar surface area (TPSA) is 43.2 Å². The smallest absolute Gasteiger partial charge is 0.387 e. The highest BCUT2D eigenvalue weighted by molar-refractivity contribution is 8.00. The zero-order valence-corrected chi connectivity index (χ0v) is 20.5. The second kappa shape index (κ2) is 9.17. The van der Waals surface area contributed by atoms with E-state index in [1.807, 2.05) is 0 Å². The third kappa shape index (κ3) is 4.65. The van der Waals surface area contributed by atoms with Gasteiger partial charge in [0.1, 0.15) is 5.75 Å². The van der Waals surface area contributed by atoms with Crippen LogP contribution in [0.1, 0.15) is 64.1 Å². The predicted molar refractivity (Wildman–Crippen MR) is 128 cm³/mol. The van der Waals surface area contributed by atoms with Crippen molar-refractivity contribution in [1.29, 1.82) is 0 Å². The van der Waals surface area contributed by atoms with E-state index in [2.05, 4.69) is 57.9 Å². The largest absolute Gasteiger partial charge is 0.433 e. The summed E-state index contributed by atoms with van der Waals surface area (Å²) >= 11 is 2.10. The van der Waals surface area contributed by atoms with E-state index in [9.17, 15) is 8.78 Å². The Hall–Kier alpha value is -1.67. The number of halogens is 2. The third-order valence-electron chi connectivity index (χ3n) is 7.92. The summed E-state index contributed by atoms with van der Waals surface area (Å²) in [5.74, 6) is 3.81. The van der Waals surface area contributed by atoms with Crippen LogP contribution in [0.3, 0.4) is 0 Å². The summed E-state index contributed by atoms with van der Waals surface area (Å²) in [7, 11) is 0. The monoisotopic (exact) mass is 476 g/mol. The molecule has 0 amide bonds. The van der Waals surface area contributed by atoms with Crippen molar-refractivity contribution in [3.8, 4) is 17.0 Å². The van der Waals surface area contributed by atoms with Crippen molar-refractivity contribution in [3.63, 3.8) is 0 Å². The summed E-state index contributed by atoms with van der Waals surface area (Å²) in [4.78, 5) is 6.84. The van der Waals surface area contributed by atoms with E-state index in [-0.39, 0.29) is 11.8 Å². The van der Waals surface area contributed by atoms with Crippen LogP contribution < -0.4 is 4.74 Å². The van der Waals surface area contributed by atoms with Gasteiger partial charge in [0.25, 0.3) is 0 Å². The molecular formula is C25H34F2N4OS. The first-order valence-corrected chi connectivity index (χ1v) is 13.3. The number of thioether (sulfide) groups is 1. The molecule has 180 valence electrons. The first-order chi connectivity index (χ1) is 15.8. The van der Waals surface area contributed by atoms with Crippen molar-refractivity contribution < 1.29 is 13.5 Å². The Morgan fingerprint density at radius 3 is 2.52 bits per heavy atom. The molecule has 2 aliphatic heterocycles. The molecule has 3 atom stereocenters. The fourth-order valence-electron chi connectivity index (χ4n) is 5.94. The highest BCUT2D eigenvalue weighted by Gasteiger charge is 2.44. The van der Waals surface area contributed by atoms with Gasteiger partial charge in [-0.15, -0.1) is 0 Å². The van der Waals surface area contributed by atoms with Crippen LogP contribution >= 0.6 is 11.8 Å². The van der Waals surface area contributed by atoms with Crippen LogP contribution in [0, 0.1) is 11.3 Å². The minimum atomic E-state index is -2.87. The Morgan fingerprint density at radius 1 is 1.12 bits per heavy atom. The molecule has 3 aliphatic rings. The molecule has 0 aromatic carbocycles. The number of likely N-dealkylation sites (tertiary alicyclic amines) is 1. The molecule has 1 aliphatic carbocycles. The van der Waals surface area contributed by atoms with Crippen LogP contribution in [-0.2, 0) is 0 Å². The van der Waals surface area contributed by atoms with Crippen LogP contribution in [0.25, 0.3) is 11.3 Å². The van der Waals surface area contributed by atoms with Gasteiger partial charge >= 0.3 is 6.61 Å². The Morgan fingerprint density at radius 2 is 1.88 bits per heavy atom. The molecule has 0 bridgehead atoms. The second-order valence-corrected chi connectivity index (χ2v) is 11.5. The fourth-order valence-corrected chi connectivity index (χ4v) is 7.29. The summed E-state index contributed by atoms with van der Waals surface area (Å²) < 4.78 is 32.0. The number of alkyl halides is 2. The van der Waals surface area contributed by atoms with Crippen LogP contribution in [0.2, 0.25) is 0 Å². The highest BCUT2D eigenvalue weighted by atomic mass is 32.2. The molecule has 4 heterocycles. The zero-order chi connectivity index (χ0) is 23.2. The summed E-state index contributed by atoms with van der Waals surface area (Å²) in [6.45, 7) is 6.27. The number of aromatic nitrogens is 3. The summed E-state index contributed by atoms with van der Waals surface area (Å²) in [5, 5.41) is 4.87. The van der Waals surface area contributed by atoms with E-state index in [1.165, 1.54) is 55.7 Å². The van der Waals surface area contributed by atoms with E-state index < -0.39 is 6.61 Å². The average molecular weight is 477 g/mol. The van der Waals surface area contributed by atoms with Crippen molar-refractivity contribution >= 4 is 11.8 Å². The molecule has 2 saturated heterocycles. The minimum Gasteiger partial charge on any atom is -0.433 e. The molecule has 5 rings (SSSR count). The number of hydrogen-bond acceptors (Lipinski definition) is 5. The maximum absolute atomic E-state index is 12.7. The van der Waals surface area contributed by atoms with Crippen molar-refractivity contribution in [1.82, 2.24) is 19.7 Å². The van der Waals surface area contributed by atoms with Crippen molar-refractivity contribution in [2.45, 2.75) is 71.1 Å².